The fourth-order valence-corrected chi connectivity index (χ4v) is 4.55. The Kier molecular flexibility index (Phi) is 5.37. The molecule has 24 heavy (non-hydrogen) atoms. The highest BCUT2D eigenvalue weighted by Gasteiger charge is 2.16. The van der Waals surface area contributed by atoms with Gasteiger partial charge in [-0.1, -0.05) is 15.9 Å². The number of rotatable bonds is 4. The van der Waals surface area contributed by atoms with E-state index in [-0.39, 0.29) is 0 Å². The molecule has 0 N–H and O–H groups in total. The van der Waals surface area contributed by atoms with E-state index in [2.05, 4.69) is 73.1 Å². The average Bonchev–Trinajstić information content (AvgIpc) is 2.96. The van der Waals surface area contributed by atoms with Crippen molar-refractivity contribution in [3.8, 4) is 11.3 Å². The van der Waals surface area contributed by atoms with Crippen molar-refractivity contribution in [3.63, 3.8) is 0 Å². The van der Waals surface area contributed by atoms with Crippen LogP contribution < -0.4 is 4.90 Å². The summed E-state index contributed by atoms with van der Waals surface area (Å²) in [5.74, 6) is 0.723. The molecule has 0 saturated carbocycles. The van der Waals surface area contributed by atoms with Crippen molar-refractivity contribution in [1.29, 1.82) is 0 Å². The van der Waals surface area contributed by atoms with Crippen molar-refractivity contribution in [1.82, 2.24) is 9.97 Å². The van der Waals surface area contributed by atoms with Gasteiger partial charge in [0, 0.05) is 31.6 Å². The summed E-state index contributed by atoms with van der Waals surface area (Å²) in [6, 6.07) is 10.3. The van der Waals surface area contributed by atoms with Gasteiger partial charge in [0.15, 0.2) is 0 Å². The lowest BCUT2D eigenvalue weighted by Crippen LogP contribution is -2.20. The molecular formula is C18H17Br2N3S. The summed E-state index contributed by atoms with van der Waals surface area (Å²) in [6.07, 6.45) is 0. The van der Waals surface area contributed by atoms with E-state index in [4.69, 9.17) is 4.98 Å². The molecular weight excluding hydrogens is 450 g/mol. The second-order valence-electron chi connectivity index (χ2n) is 5.43. The zero-order valence-electron chi connectivity index (χ0n) is 13.7. The minimum absolute atomic E-state index is 0.723. The molecule has 0 aliphatic heterocycles. The first-order valence-corrected chi connectivity index (χ1v) is 10.1. The smallest absolute Gasteiger partial charge is 0.230 e. The van der Waals surface area contributed by atoms with Gasteiger partial charge in [-0.2, -0.15) is 0 Å². The van der Waals surface area contributed by atoms with Gasteiger partial charge < -0.3 is 4.90 Å². The number of hydrogen-bond acceptors (Lipinski definition) is 4. The second kappa shape index (κ2) is 7.33. The lowest BCUT2D eigenvalue weighted by molar-refractivity contribution is 0.933. The minimum atomic E-state index is 0.723. The highest BCUT2D eigenvalue weighted by atomic mass is 79.9. The van der Waals surface area contributed by atoms with Gasteiger partial charge in [-0.25, -0.2) is 9.97 Å². The monoisotopic (exact) mass is 465 g/mol. The minimum Gasteiger partial charge on any atom is -0.310 e. The molecule has 6 heteroatoms. The summed E-state index contributed by atoms with van der Waals surface area (Å²) < 4.78 is 2.05. The third kappa shape index (κ3) is 3.55. The van der Waals surface area contributed by atoms with E-state index >= 15 is 0 Å². The Morgan fingerprint density at radius 2 is 1.88 bits per heavy atom. The summed E-state index contributed by atoms with van der Waals surface area (Å²) in [7, 11) is 0. The van der Waals surface area contributed by atoms with Crippen molar-refractivity contribution >= 4 is 54.8 Å². The van der Waals surface area contributed by atoms with Gasteiger partial charge in [-0.15, -0.1) is 11.3 Å². The maximum Gasteiger partial charge on any atom is 0.230 e. The third-order valence-electron chi connectivity index (χ3n) is 3.74. The van der Waals surface area contributed by atoms with E-state index in [0.29, 0.717) is 0 Å². The first-order chi connectivity index (χ1) is 11.5. The average molecular weight is 467 g/mol. The molecule has 124 valence electrons. The van der Waals surface area contributed by atoms with Crippen LogP contribution in [-0.2, 0) is 0 Å². The highest BCUT2D eigenvalue weighted by molar-refractivity contribution is 9.11. The largest absolute Gasteiger partial charge is 0.310 e. The molecule has 2 aromatic heterocycles. The van der Waals surface area contributed by atoms with Crippen molar-refractivity contribution in [3.05, 3.63) is 55.2 Å². The van der Waals surface area contributed by atoms with Crippen molar-refractivity contribution in [2.45, 2.75) is 20.8 Å². The Morgan fingerprint density at radius 3 is 2.50 bits per heavy atom. The van der Waals surface area contributed by atoms with Gasteiger partial charge in [-0.05, 0) is 72.4 Å². The molecule has 1 aromatic carbocycles. The van der Waals surface area contributed by atoms with Gasteiger partial charge in [-0.3, -0.25) is 0 Å². The van der Waals surface area contributed by atoms with Crippen LogP contribution in [0.25, 0.3) is 11.3 Å². The lowest BCUT2D eigenvalue weighted by Gasteiger charge is -2.23. The van der Waals surface area contributed by atoms with Crippen LogP contribution in [0.1, 0.15) is 17.5 Å². The number of nitrogens with zero attached hydrogens (tertiary/aromatic N) is 3. The Hall–Kier alpha value is -1.24. The predicted molar refractivity (Wildman–Crippen MR) is 109 cm³/mol. The van der Waals surface area contributed by atoms with Crippen LogP contribution >= 0.6 is 43.2 Å². The number of anilines is 2. The Bertz CT molecular complexity index is 876. The number of benzene rings is 1. The summed E-state index contributed by atoms with van der Waals surface area (Å²) in [5, 5.41) is 2.10. The topological polar surface area (TPSA) is 29.0 Å². The van der Waals surface area contributed by atoms with E-state index in [1.54, 1.807) is 11.3 Å². The number of hydrogen-bond donors (Lipinski definition) is 0. The van der Waals surface area contributed by atoms with Crippen LogP contribution in [0, 0.1) is 13.8 Å². The summed E-state index contributed by atoms with van der Waals surface area (Å²) >= 11 is 8.89. The van der Waals surface area contributed by atoms with Crippen molar-refractivity contribution in [2.24, 2.45) is 0 Å². The quantitative estimate of drug-likeness (QED) is 0.439. The van der Waals surface area contributed by atoms with Gasteiger partial charge in [0.05, 0.1) is 11.4 Å². The van der Waals surface area contributed by atoms with E-state index in [0.717, 1.165) is 38.5 Å². The number of halogens is 2. The molecule has 0 aliphatic rings. The molecule has 0 amide bonds. The summed E-state index contributed by atoms with van der Waals surface area (Å²) in [6.45, 7) is 7.03. The van der Waals surface area contributed by atoms with E-state index in [1.165, 1.54) is 10.4 Å². The Labute approximate surface area is 163 Å². The fraction of sp³-hybridized carbons (Fsp3) is 0.222. The molecule has 3 nitrogen and oxygen atoms in total. The molecule has 0 fully saturated rings. The molecule has 2 heterocycles. The normalized spacial score (nSPS) is 10.9. The molecule has 3 rings (SSSR count). The van der Waals surface area contributed by atoms with Crippen LogP contribution in [0.2, 0.25) is 0 Å². The SMILES string of the molecule is CCN(c1nc(C)cc(-c2ccsc2C)n1)c1ccc(Br)cc1Br. The standard InChI is InChI=1S/C18H17Br2N3S/c1-4-23(17-6-5-13(19)10-15(17)20)18-21-11(2)9-16(22-18)14-7-8-24-12(14)3/h5-10H,4H2,1-3H3. The van der Waals surface area contributed by atoms with Gasteiger partial charge in [0.1, 0.15) is 0 Å². The molecule has 0 bridgehead atoms. The van der Waals surface area contributed by atoms with Crippen LogP contribution in [0.4, 0.5) is 11.6 Å². The predicted octanol–water partition coefficient (Wildman–Crippen LogP) is 6.50. The molecule has 0 aliphatic carbocycles. The zero-order chi connectivity index (χ0) is 17.3. The molecule has 0 radical (unpaired) electrons. The first kappa shape index (κ1) is 17.6. The zero-order valence-corrected chi connectivity index (χ0v) is 17.7. The van der Waals surface area contributed by atoms with Gasteiger partial charge in [0.2, 0.25) is 5.95 Å². The second-order valence-corrected chi connectivity index (χ2v) is 8.32. The maximum atomic E-state index is 4.84. The number of aromatic nitrogens is 2. The highest BCUT2D eigenvalue weighted by Crippen LogP contribution is 2.34. The Morgan fingerprint density at radius 1 is 1.08 bits per heavy atom. The molecule has 0 unspecified atom stereocenters. The fourth-order valence-electron chi connectivity index (χ4n) is 2.58. The number of aryl methyl sites for hydroxylation is 2. The van der Waals surface area contributed by atoms with E-state index in [1.807, 2.05) is 25.1 Å². The molecule has 0 spiro atoms. The number of thiophene rings is 1. The summed E-state index contributed by atoms with van der Waals surface area (Å²) in [4.78, 5) is 12.9. The molecule has 0 atom stereocenters. The van der Waals surface area contributed by atoms with E-state index in [9.17, 15) is 0 Å². The van der Waals surface area contributed by atoms with Crippen molar-refractivity contribution < 1.29 is 0 Å². The van der Waals surface area contributed by atoms with Crippen LogP contribution in [0.3, 0.4) is 0 Å². The van der Waals surface area contributed by atoms with Crippen molar-refractivity contribution in [2.75, 3.05) is 11.4 Å². The summed E-state index contributed by atoms with van der Waals surface area (Å²) in [5.41, 5.74) is 4.17. The van der Waals surface area contributed by atoms with Crippen LogP contribution in [0.5, 0.6) is 0 Å². The van der Waals surface area contributed by atoms with Crippen LogP contribution in [-0.4, -0.2) is 16.5 Å². The lowest BCUT2D eigenvalue weighted by atomic mass is 10.2. The maximum absolute atomic E-state index is 4.84. The van der Waals surface area contributed by atoms with Gasteiger partial charge in [0.25, 0.3) is 0 Å². The van der Waals surface area contributed by atoms with E-state index < -0.39 is 0 Å². The molecule has 3 aromatic rings. The first-order valence-electron chi connectivity index (χ1n) is 7.62. The molecule has 0 saturated heterocycles. The Balaban J connectivity index is 2.10. The van der Waals surface area contributed by atoms with Crippen LogP contribution in [0.15, 0.2) is 44.7 Å². The van der Waals surface area contributed by atoms with Gasteiger partial charge >= 0.3 is 0 Å². The third-order valence-corrected chi connectivity index (χ3v) is 5.71.